The van der Waals surface area contributed by atoms with E-state index in [1.807, 2.05) is 5.32 Å². The highest BCUT2D eigenvalue weighted by Crippen LogP contribution is 2.33. The third kappa shape index (κ3) is 4.30. The van der Waals surface area contributed by atoms with Gasteiger partial charge in [-0.1, -0.05) is 23.7 Å². The Morgan fingerprint density at radius 2 is 1.81 bits per heavy atom. The van der Waals surface area contributed by atoms with Crippen molar-refractivity contribution in [3.8, 4) is 0 Å². The van der Waals surface area contributed by atoms with E-state index < -0.39 is 23.7 Å². The fourth-order valence-corrected chi connectivity index (χ4v) is 2.43. The molecule has 3 N–H and O–H groups in total. The molecule has 1 aromatic heterocycles. The summed E-state index contributed by atoms with van der Waals surface area (Å²) in [5.74, 6) is -3.12. The van der Waals surface area contributed by atoms with Crippen LogP contribution in [0.5, 0.6) is 0 Å². The molecule has 0 radical (unpaired) electrons. The zero-order valence-corrected chi connectivity index (χ0v) is 15.0. The zero-order valence-electron chi connectivity index (χ0n) is 14.3. The van der Waals surface area contributed by atoms with E-state index in [0.29, 0.717) is 0 Å². The van der Waals surface area contributed by atoms with Gasteiger partial charge in [0.2, 0.25) is 0 Å². The van der Waals surface area contributed by atoms with Crippen LogP contribution < -0.4 is 15.6 Å². The number of rotatable bonds is 5. The van der Waals surface area contributed by atoms with Gasteiger partial charge >= 0.3 is 17.8 Å². The molecule has 6 nitrogen and oxygen atoms in total. The molecule has 0 bridgehead atoms. The summed E-state index contributed by atoms with van der Waals surface area (Å²) in [6.45, 7) is 1.72. The van der Waals surface area contributed by atoms with Gasteiger partial charge in [0, 0.05) is 6.07 Å². The van der Waals surface area contributed by atoms with Crippen LogP contribution in [0.4, 0.5) is 19.0 Å². The molecule has 1 heterocycles. The highest BCUT2D eigenvalue weighted by molar-refractivity contribution is 6.33. The van der Waals surface area contributed by atoms with Gasteiger partial charge in [-0.15, -0.1) is 0 Å². The van der Waals surface area contributed by atoms with Crippen LogP contribution >= 0.6 is 11.6 Å². The number of aromatic amines is 1. The van der Waals surface area contributed by atoms with Gasteiger partial charge < -0.3 is 4.74 Å². The number of aromatic nitrogens is 1. The molecule has 0 unspecified atom stereocenters. The molecule has 0 saturated carbocycles. The first-order valence-electron chi connectivity index (χ1n) is 7.59. The number of anilines is 1. The quantitative estimate of drug-likeness (QED) is 0.595. The molecule has 144 valence electrons. The monoisotopic (exact) mass is 402 g/mol. The summed E-state index contributed by atoms with van der Waals surface area (Å²) < 4.78 is 46.1. The summed E-state index contributed by atoms with van der Waals surface area (Å²) in [6.07, 6.45) is -3.81. The summed E-state index contributed by atoms with van der Waals surface area (Å²) in [6, 6.07) is 8.32. The molecule has 27 heavy (non-hydrogen) atoms. The van der Waals surface area contributed by atoms with E-state index in [1.54, 1.807) is 12.2 Å². The molecular weight excluding hydrogens is 387 g/mol. The normalized spacial score (nSPS) is 13.4. The Kier molecular flexibility index (Phi) is 5.94. The highest BCUT2D eigenvalue weighted by Gasteiger charge is 2.67. The maximum absolute atomic E-state index is 13.9. The number of amides is 1. The van der Waals surface area contributed by atoms with Crippen molar-refractivity contribution in [1.29, 1.82) is 0 Å². The van der Waals surface area contributed by atoms with E-state index in [-0.39, 0.29) is 16.4 Å². The number of carbonyl (C=O) groups excluding carboxylic acids is 2. The number of hydrogen-bond donors (Lipinski definition) is 2. The molecule has 1 atom stereocenters. The lowest BCUT2D eigenvalue weighted by molar-refractivity contribution is -0.363. The lowest BCUT2D eigenvalue weighted by atomic mass is 10.1. The smallest absolute Gasteiger partial charge is 0.464 e. The van der Waals surface area contributed by atoms with Crippen molar-refractivity contribution in [2.75, 3.05) is 12.4 Å². The van der Waals surface area contributed by atoms with E-state index in [2.05, 4.69) is 9.72 Å². The first kappa shape index (κ1) is 20.5. The maximum atomic E-state index is 13.9. The van der Waals surface area contributed by atoms with Gasteiger partial charge in [-0.25, -0.2) is 15.1 Å². The van der Waals surface area contributed by atoms with Gasteiger partial charge in [0.25, 0.3) is 11.7 Å². The highest BCUT2D eigenvalue weighted by atomic mass is 35.5. The van der Waals surface area contributed by atoms with Crippen molar-refractivity contribution >= 4 is 29.3 Å². The summed E-state index contributed by atoms with van der Waals surface area (Å²) in [5, 5.41) is 3.62. The van der Waals surface area contributed by atoms with Gasteiger partial charge in [-0.05, 0) is 30.7 Å². The third-order valence-corrected chi connectivity index (χ3v) is 3.96. The fraction of sp³-hybridized carbons (Fsp3) is 0.235. The second-order valence-electron chi connectivity index (χ2n) is 5.58. The van der Waals surface area contributed by atoms with E-state index in [1.165, 1.54) is 42.6 Å². The van der Waals surface area contributed by atoms with E-state index in [0.717, 1.165) is 12.7 Å². The van der Waals surface area contributed by atoms with Crippen LogP contribution in [0.2, 0.25) is 5.02 Å². The van der Waals surface area contributed by atoms with Crippen molar-refractivity contribution in [1.82, 2.24) is 5.32 Å². The SMILES string of the molecule is COC(=O)[C@@](NC(=O)c1ccccc1Cl)(Nc1ccc(C)c[nH+]1)C(F)(F)F. The van der Waals surface area contributed by atoms with E-state index in [9.17, 15) is 22.8 Å². The summed E-state index contributed by atoms with van der Waals surface area (Å²) in [5.41, 5.74) is -3.02. The number of pyridine rings is 1. The average molecular weight is 403 g/mol. The molecule has 1 amide bonds. The van der Waals surface area contributed by atoms with Crippen LogP contribution in [0, 0.1) is 6.92 Å². The van der Waals surface area contributed by atoms with Crippen molar-refractivity contribution in [3.63, 3.8) is 0 Å². The molecule has 2 rings (SSSR count). The second kappa shape index (κ2) is 7.83. The number of methoxy groups -OCH3 is 1. The van der Waals surface area contributed by atoms with Crippen LogP contribution in [-0.2, 0) is 9.53 Å². The van der Waals surface area contributed by atoms with Crippen LogP contribution in [0.15, 0.2) is 42.6 Å². The number of carbonyl (C=O) groups is 2. The van der Waals surface area contributed by atoms with Gasteiger partial charge in [0.1, 0.15) is 0 Å². The van der Waals surface area contributed by atoms with E-state index >= 15 is 0 Å². The minimum Gasteiger partial charge on any atom is -0.464 e. The number of ether oxygens (including phenoxy) is 1. The number of hydrogen-bond acceptors (Lipinski definition) is 4. The molecule has 10 heteroatoms. The Labute approximate surface area is 157 Å². The number of H-pyrrole nitrogens is 1. The minimum atomic E-state index is -5.24. The molecule has 0 saturated heterocycles. The van der Waals surface area contributed by atoms with Gasteiger partial charge in [-0.2, -0.15) is 13.2 Å². The van der Waals surface area contributed by atoms with Gasteiger partial charge in [0.05, 0.1) is 23.9 Å². The van der Waals surface area contributed by atoms with Crippen molar-refractivity contribution in [3.05, 3.63) is 58.7 Å². The number of esters is 1. The molecule has 1 aromatic carbocycles. The van der Waals surface area contributed by atoms with Crippen molar-refractivity contribution in [2.24, 2.45) is 0 Å². The molecule has 2 aromatic rings. The Hall–Kier alpha value is -2.81. The maximum Gasteiger partial charge on any atom is 0.464 e. The summed E-state index contributed by atoms with van der Waals surface area (Å²) >= 11 is 5.87. The molecule has 0 fully saturated rings. The van der Waals surface area contributed by atoms with Crippen LogP contribution in [0.1, 0.15) is 15.9 Å². The average Bonchev–Trinajstić information content (AvgIpc) is 2.61. The Morgan fingerprint density at radius 1 is 1.15 bits per heavy atom. The number of benzene rings is 1. The minimum absolute atomic E-state index is 0.0714. The van der Waals surface area contributed by atoms with Crippen molar-refractivity contribution < 1.29 is 32.5 Å². The zero-order chi connectivity index (χ0) is 20.2. The van der Waals surface area contributed by atoms with Crippen LogP contribution in [-0.4, -0.2) is 30.8 Å². The Balaban J connectivity index is 2.50. The summed E-state index contributed by atoms with van der Waals surface area (Å²) in [7, 11) is 0.783. The largest absolute Gasteiger partial charge is 0.464 e. The lowest BCUT2D eigenvalue weighted by Crippen LogP contribution is -2.69. The predicted octanol–water partition coefficient (Wildman–Crippen LogP) is 2.74. The molecule has 0 spiro atoms. The first-order valence-corrected chi connectivity index (χ1v) is 7.97. The predicted molar refractivity (Wildman–Crippen MR) is 91.1 cm³/mol. The molecular formula is C17H16ClF3N3O3+. The fourth-order valence-electron chi connectivity index (χ4n) is 2.21. The second-order valence-corrected chi connectivity index (χ2v) is 5.99. The summed E-state index contributed by atoms with van der Waals surface area (Å²) in [4.78, 5) is 27.1. The van der Waals surface area contributed by atoms with Gasteiger partial charge in [-0.3, -0.25) is 10.1 Å². The third-order valence-electron chi connectivity index (χ3n) is 3.63. The van der Waals surface area contributed by atoms with Crippen molar-refractivity contribution in [2.45, 2.75) is 18.8 Å². The molecule has 0 aliphatic rings. The molecule has 0 aliphatic heterocycles. The Morgan fingerprint density at radius 3 is 2.33 bits per heavy atom. The topological polar surface area (TPSA) is 81.6 Å². The number of alkyl halides is 3. The number of nitrogens with one attached hydrogen (secondary N) is 3. The molecule has 0 aliphatic carbocycles. The van der Waals surface area contributed by atoms with Crippen LogP contribution in [0.25, 0.3) is 0 Å². The van der Waals surface area contributed by atoms with Gasteiger partial charge in [0.15, 0.2) is 0 Å². The standard InChI is InChI=1S/C17H15ClF3N3O3/c1-10-7-8-13(22-9-10)23-16(15(26)27-2,17(19,20)21)24-14(25)11-5-3-4-6-12(11)18/h3-9H,1-2H3,(H,22,23)(H,24,25)/p+1/t16-/m0/s1. The lowest BCUT2D eigenvalue weighted by Gasteiger charge is -2.30. The Bertz CT molecular complexity index is 843. The first-order chi connectivity index (χ1) is 12.6. The van der Waals surface area contributed by atoms with E-state index in [4.69, 9.17) is 11.6 Å². The number of halogens is 4. The number of aryl methyl sites for hydroxylation is 1. The van der Waals surface area contributed by atoms with Crippen LogP contribution in [0.3, 0.4) is 0 Å².